The minimum absolute atomic E-state index is 0. The molecule has 6 heteroatoms. The zero-order valence-corrected chi connectivity index (χ0v) is 15.1. The average molecular weight is 348 g/mol. The van der Waals surface area contributed by atoms with Crippen LogP contribution in [0.1, 0.15) is 12.0 Å². The smallest absolute Gasteiger partial charge is 0.243 e. The summed E-state index contributed by atoms with van der Waals surface area (Å²) in [5, 5.41) is 3.57. The van der Waals surface area contributed by atoms with Crippen LogP contribution in [0.5, 0.6) is 0 Å². The second-order valence-corrected chi connectivity index (χ2v) is 6.47. The van der Waals surface area contributed by atoms with E-state index in [-0.39, 0.29) is 12.4 Å². The Balaban J connectivity index is 0.00000208. The molecule has 0 bridgehead atoms. The van der Waals surface area contributed by atoms with Crippen LogP contribution in [-0.2, 0) is 13.6 Å². The Kier molecular flexibility index (Phi) is 5.78. The predicted octanol–water partition coefficient (Wildman–Crippen LogP) is -1.41. The molecule has 3 N–H and O–H groups in total. The molecule has 1 aromatic heterocycles. The van der Waals surface area contributed by atoms with Crippen molar-refractivity contribution in [1.82, 2.24) is 9.88 Å². The molecular formula is C18H26ClN5. The quantitative estimate of drug-likeness (QED) is 0.516. The zero-order valence-electron chi connectivity index (χ0n) is 14.4. The van der Waals surface area contributed by atoms with E-state index in [1.54, 1.807) is 0 Å². The maximum Gasteiger partial charge on any atom is 0.243 e. The van der Waals surface area contributed by atoms with Crippen molar-refractivity contribution in [1.29, 1.82) is 0 Å². The van der Waals surface area contributed by atoms with Crippen molar-refractivity contribution in [3.8, 4) is 0 Å². The fraction of sp³-hybridized carbons (Fsp3) is 0.389. The first kappa shape index (κ1) is 18.2. The lowest BCUT2D eigenvalue weighted by molar-refractivity contribution is -0.671. The highest BCUT2D eigenvalue weighted by Crippen LogP contribution is 2.24. The Morgan fingerprint density at radius 3 is 2.92 bits per heavy atom. The lowest BCUT2D eigenvalue weighted by Gasteiger charge is -2.20. The summed E-state index contributed by atoms with van der Waals surface area (Å²) in [4.78, 5) is 2.41. The van der Waals surface area contributed by atoms with E-state index in [0.717, 1.165) is 43.0 Å². The summed E-state index contributed by atoms with van der Waals surface area (Å²) < 4.78 is 4.17. The molecule has 2 heterocycles. The maximum absolute atomic E-state index is 5.91. The highest BCUT2D eigenvalue weighted by molar-refractivity contribution is 5.58. The van der Waals surface area contributed by atoms with Crippen molar-refractivity contribution in [2.75, 3.05) is 23.7 Å². The number of nitrogens with zero attached hydrogens (tertiary/aromatic N) is 3. The number of hydrogen-bond acceptors (Lipinski definition) is 3. The molecule has 0 spiro atoms. The zero-order chi connectivity index (χ0) is 16.4. The molecular weight excluding hydrogens is 322 g/mol. The van der Waals surface area contributed by atoms with Gasteiger partial charge in [-0.15, -0.1) is 0 Å². The Labute approximate surface area is 150 Å². The van der Waals surface area contributed by atoms with Crippen molar-refractivity contribution >= 4 is 11.4 Å². The summed E-state index contributed by atoms with van der Waals surface area (Å²) >= 11 is 0. The SMILES string of the molecule is C=C(Cn1cc[n+](C)c1)NC1CCN(c2ccc(N)c(C)c2)C1.[Cl-]. The Bertz CT molecular complexity index is 709. The highest BCUT2D eigenvalue weighted by Gasteiger charge is 2.23. The van der Waals surface area contributed by atoms with E-state index in [2.05, 4.69) is 52.9 Å². The van der Waals surface area contributed by atoms with Gasteiger partial charge in [-0.3, -0.25) is 0 Å². The van der Waals surface area contributed by atoms with Gasteiger partial charge in [-0.1, -0.05) is 6.58 Å². The summed E-state index contributed by atoms with van der Waals surface area (Å²) in [5.41, 5.74) is 10.2. The van der Waals surface area contributed by atoms with Crippen molar-refractivity contribution in [3.63, 3.8) is 0 Å². The van der Waals surface area contributed by atoms with Crippen molar-refractivity contribution < 1.29 is 17.0 Å². The van der Waals surface area contributed by atoms with Crippen LogP contribution in [0.15, 0.2) is 49.2 Å². The first-order valence-electron chi connectivity index (χ1n) is 8.07. The van der Waals surface area contributed by atoms with Gasteiger partial charge in [-0.05, 0) is 37.1 Å². The fourth-order valence-electron chi connectivity index (χ4n) is 3.12. The van der Waals surface area contributed by atoms with Crippen molar-refractivity contribution in [2.24, 2.45) is 7.05 Å². The van der Waals surface area contributed by atoms with Crippen LogP contribution in [0.25, 0.3) is 0 Å². The molecule has 1 unspecified atom stereocenters. The number of rotatable bonds is 5. The Morgan fingerprint density at radius 2 is 2.25 bits per heavy atom. The first-order chi connectivity index (χ1) is 11.0. The molecule has 0 radical (unpaired) electrons. The van der Waals surface area contributed by atoms with Gasteiger partial charge in [0.2, 0.25) is 6.33 Å². The molecule has 0 saturated carbocycles. The number of nitrogens with one attached hydrogen (secondary N) is 1. The number of anilines is 2. The van der Waals surface area contributed by atoms with E-state index < -0.39 is 0 Å². The number of aromatic nitrogens is 2. The third-order valence-electron chi connectivity index (χ3n) is 4.41. The molecule has 5 nitrogen and oxygen atoms in total. The molecule has 24 heavy (non-hydrogen) atoms. The lowest BCUT2D eigenvalue weighted by atomic mass is 10.2. The van der Waals surface area contributed by atoms with Crippen LogP contribution in [0.4, 0.5) is 11.4 Å². The highest BCUT2D eigenvalue weighted by atomic mass is 35.5. The fourth-order valence-corrected chi connectivity index (χ4v) is 3.12. The van der Waals surface area contributed by atoms with Gasteiger partial charge < -0.3 is 28.4 Å². The molecule has 1 saturated heterocycles. The number of hydrogen-bond donors (Lipinski definition) is 2. The van der Waals surface area contributed by atoms with Crippen LogP contribution in [0, 0.1) is 6.92 Å². The summed E-state index contributed by atoms with van der Waals surface area (Å²) in [6.07, 6.45) is 7.28. The second-order valence-electron chi connectivity index (χ2n) is 6.47. The predicted molar refractivity (Wildman–Crippen MR) is 94.1 cm³/mol. The lowest BCUT2D eigenvalue weighted by Crippen LogP contribution is -3.00. The number of halogens is 1. The maximum atomic E-state index is 5.91. The summed E-state index contributed by atoms with van der Waals surface area (Å²) in [7, 11) is 2.02. The molecule has 130 valence electrons. The standard InChI is InChI=1S/C18H26N5.ClH/c1-14-10-17(4-5-18(14)19)23-7-6-16(12-23)20-15(2)11-22-9-8-21(3)13-22;/h4-5,8-10,13,16,20H,2,6-7,11-12,19H2,1,3H3;1H/q+1;/p-1. The molecule has 2 aromatic rings. The van der Waals surface area contributed by atoms with Gasteiger partial charge in [0, 0.05) is 36.2 Å². The van der Waals surface area contributed by atoms with E-state index in [4.69, 9.17) is 5.73 Å². The number of aryl methyl sites for hydroxylation is 2. The topological polar surface area (TPSA) is 50.1 Å². The molecule has 1 aromatic carbocycles. The molecule has 0 aliphatic carbocycles. The van der Waals surface area contributed by atoms with E-state index in [0.29, 0.717) is 6.04 Å². The Morgan fingerprint density at radius 1 is 1.46 bits per heavy atom. The second kappa shape index (κ2) is 7.62. The number of allylic oxidation sites excluding steroid dienone is 1. The molecule has 1 atom stereocenters. The molecule has 1 aliphatic heterocycles. The monoisotopic (exact) mass is 347 g/mol. The number of nitrogen functional groups attached to an aromatic ring is 1. The van der Waals surface area contributed by atoms with Gasteiger partial charge in [-0.2, -0.15) is 0 Å². The van der Waals surface area contributed by atoms with Crippen LogP contribution in [-0.4, -0.2) is 23.7 Å². The molecule has 3 rings (SSSR count). The normalized spacial score (nSPS) is 16.8. The van der Waals surface area contributed by atoms with Crippen molar-refractivity contribution in [3.05, 3.63) is 54.8 Å². The summed E-state index contributed by atoms with van der Waals surface area (Å²) in [6.45, 7) is 9.10. The van der Waals surface area contributed by atoms with Crippen LogP contribution < -0.4 is 32.9 Å². The molecule has 1 fully saturated rings. The first-order valence-corrected chi connectivity index (χ1v) is 8.07. The largest absolute Gasteiger partial charge is 1.00 e. The molecule has 1 aliphatic rings. The van der Waals surface area contributed by atoms with Gasteiger partial charge in [-0.25, -0.2) is 9.13 Å². The van der Waals surface area contributed by atoms with Crippen molar-refractivity contribution in [2.45, 2.75) is 25.9 Å². The van der Waals surface area contributed by atoms with Gasteiger partial charge in [0.25, 0.3) is 0 Å². The van der Waals surface area contributed by atoms with E-state index in [9.17, 15) is 0 Å². The van der Waals surface area contributed by atoms with E-state index in [1.165, 1.54) is 5.69 Å². The summed E-state index contributed by atoms with van der Waals surface area (Å²) in [6, 6.07) is 6.73. The third-order valence-corrected chi connectivity index (χ3v) is 4.41. The summed E-state index contributed by atoms with van der Waals surface area (Å²) in [5.74, 6) is 0. The van der Waals surface area contributed by atoms with Crippen LogP contribution in [0.3, 0.4) is 0 Å². The third kappa shape index (κ3) is 4.23. The Hall–Kier alpha value is -2.14. The van der Waals surface area contributed by atoms with E-state index in [1.807, 2.05) is 23.9 Å². The van der Waals surface area contributed by atoms with E-state index >= 15 is 0 Å². The number of nitrogens with two attached hydrogens (primary N) is 1. The van der Waals surface area contributed by atoms with Crippen LogP contribution >= 0.6 is 0 Å². The van der Waals surface area contributed by atoms with Gasteiger partial charge in [0.1, 0.15) is 18.9 Å². The average Bonchev–Trinajstić information content (AvgIpc) is 3.11. The van der Waals surface area contributed by atoms with Gasteiger partial charge in [0.05, 0.1) is 7.05 Å². The molecule has 0 amide bonds. The van der Waals surface area contributed by atoms with Crippen LogP contribution in [0.2, 0.25) is 0 Å². The van der Waals surface area contributed by atoms with Gasteiger partial charge >= 0.3 is 0 Å². The van der Waals surface area contributed by atoms with Gasteiger partial charge in [0.15, 0.2) is 0 Å². The minimum Gasteiger partial charge on any atom is -1.00 e. The number of imidazole rings is 1. The minimum atomic E-state index is 0. The number of benzene rings is 1.